The molecule has 20 heavy (non-hydrogen) atoms. The van der Waals surface area contributed by atoms with Crippen LogP contribution in [0.3, 0.4) is 0 Å². The van der Waals surface area contributed by atoms with E-state index < -0.39 is 12.2 Å². The molecule has 0 radical (unpaired) electrons. The Morgan fingerprint density at radius 1 is 1.40 bits per heavy atom. The first-order valence-corrected chi connectivity index (χ1v) is 5.24. The predicted molar refractivity (Wildman–Crippen MR) is 63.9 cm³/mol. The van der Waals surface area contributed by atoms with E-state index in [0.29, 0.717) is 12.2 Å². The Kier molecular flexibility index (Phi) is 6.41. The number of rotatable bonds is 3. The van der Waals surface area contributed by atoms with E-state index in [1.165, 1.54) is 12.1 Å². The highest BCUT2D eigenvalue weighted by Crippen LogP contribution is 2.34. The molecule has 11 heteroatoms. The summed E-state index contributed by atoms with van der Waals surface area (Å²) >= 11 is 0. The van der Waals surface area contributed by atoms with Gasteiger partial charge in [0, 0.05) is 5.56 Å². The Labute approximate surface area is 111 Å². The summed E-state index contributed by atoms with van der Waals surface area (Å²) in [6.45, 7) is 3.76. The van der Waals surface area contributed by atoms with Crippen LogP contribution in [0.4, 0.5) is 28.6 Å². The third-order valence-corrected chi connectivity index (χ3v) is 1.88. The molecular formula is C9H10BF4N3O3. The molecule has 1 aromatic carbocycles. The van der Waals surface area contributed by atoms with Crippen LogP contribution in [-0.4, -0.2) is 18.8 Å². The van der Waals surface area contributed by atoms with Crippen molar-refractivity contribution < 1.29 is 26.9 Å². The molecule has 0 saturated carbocycles. The van der Waals surface area contributed by atoms with E-state index in [-0.39, 0.29) is 17.1 Å². The van der Waals surface area contributed by atoms with E-state index in [1.807, 2.05) is 0 Å². The van der Waals surface area contributed by atoms with Crippen molar-refractivity contribution in [3.8, 4) is 5.75 Å². The molecule has 0 fully saturated rings. The van der Waals surface area contributed by atoms with Crippen molar-refractivity contribution >= 4 is 18.6 Å². The number of nitrogens with zero attached hydrogens (tertiary/aromatic N) is 3. The number of benzene rings is 1. The standard InChI is InChI=1S/C9H10N3O3.BF4/c1-3-15-9-4-6(2)7(11-10)5-8(9)12(13)14;2-1(3,4)5/h4-5H,3H2,1-2H3;/q+1;-1. The van der Waals surface area contributed by atoms with Crippen molar-refractivity contribution in [3.05, 3.63) is 32.8 Å². The number of diazo groups is 1. The molecule has 0 saturated heterocycles. The highest BCUT2D eigenvalue weighted by atomic mass is 19.5. The van der Waals surface area contributed by atoms with Gasteiger partial charge in [0.2, 0.25) is 5.39 Å². The van der Waals surface area contributed by atoms with Crippen molar-refractivity contribution in [2.75, 3.05) is 6.61 Å². The van der Waals surface area contributed by atoms with Gasteiger partial charge in [-0.05, 0) is 19.9 Å². The fourth-order valence-corrected chi connectivity index (χ4v) is 1.18. The number of halogens is 4. The van der Waals surface area contributed by atoms with E-state index in [0.717, 1.165) is 0 Å². The zero-order chi connectivity index (χ0) is 15.9. The molecule has 0 aliphatic heterocycles. The van der Waals surface area contributed by atoms with Crippen LogP contribution < -0.4 is 4.74 Å². The van der Waals surface area contributed by atoms with Crippen LogP contribution in [0, 0.1) is 22.4 Å². The molecule has 0 amide bonds. The van der Waals surface area contributed by atoms with Gasteiger partial charge in [0.15, 0.2) is 10.7 Å². The van der Waals surface area contributed by atoms with E-state index in [2.05, 4.69) is 4.98 Å². The largest absolute Gasteiger partial charge is 0.673 e. The van der Waals surface area contributed by atoms with Crippen LogP contribution in [0.2, 0.25) is 0 Å². The summed E-state index contributed by atoms with van der Waals surface area (Å²) in [7, 11) is -6.00. The van der Waals surface area contributed by atoms with Crippen molar-refractivity contribution in [1.29, 1.82) is 5.39 Å². The molecule has 0 aliphatic rings. The maximum absolute atomic E-state index is 10.7. The summed E-state index contributed by atoms with van der Waals surface area (Å²) < 4.78 is 44.1. The van der Waals surface area contributed by atoms with Gasteiger partial charge in [0.05, 0.1) is 11.5 Å². The number of aryl methyl sites for hydroxylation is 1. The molecule has 0 heterocycles. The second-order valence-electron chi connectivity index (χ2n) is 3.39. The molecule has 1 rings (SSSR count). The Hall–Kier alpha value is -2.38. The monoisotopic (exact) mass is 295 g/mol. The fraction of sp³-hybridized carbons (Fsp3) is 0.333. The quantitative estimate of drug-likeness (QED) is 0.276. The van der Waals surface area contributed by atoms with Crippen molar-refractivity contribution in [1.82, 2.24) is 0 Å². The van der Waals surface area contributed by atoms with Crippen LogP contribution in [0.5, 0.6) is 5.75 Å². The molecule has 0 unspecified atom stereocenters. The lowest BCUT2D eigenvalue weighted by Gasteiger charge is -2.03. The third-order valence-electron chi connectivity index (χ3n) is 1.88. The number of hydrogen-bond donors (Lipinski definition) is 0. The van der Waals surface area contributed by atoms with Gasteiger partial charge in [0.25, 0.3) is 0 Å². The summed E-state index contributed by atoms with van der Waals surface area (Å²) in [6.07, 6.45) is 0. The maximum atomic E-state index is 10.7. The van der Waals surface area contributed by atoms with E-state index in [4.69, 9.17) is 10.1 Å². The SMILES string of the molecule is CCOc1cc(C)c([N+]#N)cc1[N+](=O)[O-].F[B-](F)(F)F. The minimum atomic E-state index is -6.00. The second kappa shape index (κ2) is 7.27. The first-order valence-electron chi connectivity index (χ1n) is 5.24. The fourth-order valence-electron chi connectivity index (χ4n) is 1.18. The van der Waals surface area contributed by atoms with Crippen molar-refractivity contribution in [3.63, 3.8) is 0 Å². The van der Waals surface area contributed by atoms with Gasteiger partial charge in [-0.3, -0.25) is 10.1 Å². The first-order chi connectivity index (χ1) is 9.10. The van der Waals surface area contributed by atoms with Gasteiger partial charge in [-0.1, -0.05) is 0 Å². The molecule has 110 valence electrons. The van der Waals surface area contributed by atoms with Gasteiger partial charge in [-0.15, -0.1) is 0 Å². The highest BCUT2D eigenvalue weighted by molar-refractivity contribution is 6.50. The summed E-state index contributed by atoms with van der Waals surface area (Å²) in [5.74, 6) is 0.187. The molecule has 0 aromatic heterocycles. The van der Waals surface area contributed by atoms with Gasteiger partial charge in [-0.25, -0.2) is 0 Å². The molecule has 0 N–H and O–H groups in total. The average molecular weight is 295 g/mol. The lowest BCUT2D eigenvalue weighted by atomic mass is 10.1. The lowest BCUT2D eigenvalue weighted by Crippen LogP contribution is -2.02. The van der Waals surface area contributed by atoms with Crippen LogP contribution >= 0.6 is 0 Å². The van der Waals surface area contributed by atoms with Crippen LogP contribution in [0.1, 0.15) is 12.5 Å². The summed E-state index contributed by atoms with van der Waals surface area (Å²) in [5, 5.41) is 19.3. The van der Waals surface area contributed by atoms with Gasteiger partial charge < -0.3 is 22.0 Å². The van der Waals surface area contributed by atoms with E-state index >= 15 is 0 Å². The topological polar surface area (TPSA) is 80.5 Å². The van der Waals surface area contributed by atoms with Crippen molar-refractivity contribution in [2.24, 2.45) is 0 Å². The van der Waals surface area contributed by atoms with Crippen molar-refractivity contribution in [2.45, 2.75) is 13.8 Å². The molecule has 0 atom stereocenters. The molecule has 0 aliphatic carbocycles. The maximum Gasteiger partial charge on any atom is 0.673 e. The van der Waals surface area contributed by atoms with Gasteiger partial charge in [-0.2, -0.15) is 0 Å². The average Bonchev–Trinajstić information content (AvgIpc) is 2.27. The predicted octanol–water partition coefficient (Wildman–Crippen LogP) is 4.09. The Bertz CT molecular complexity index is 524. The highest BCUT2D eigenvalue weighted by Gasteiger charge is 2.23. The minimum Gasteiger partial charge on any atom is -0.487 e. The number of nitro benzene ring substituents is 1. The van der Waals surface area contributed by atoms with Gasteiger partial charge >= 0.3 is 18.6 Å². The Morgan fingerprint density at radius 2 is 1.90 bits per heavy atom. The molecule has 6 nitrogen and oxygen atoms in total. The summed E-state index contributed by atoms with van der Waals surface area (Å²) in [5.41, 5.74) is 0.590. The van der Waals surface area contributed by atoms with Gasteiger partial charge in [0.1, 0.15) is 6.07 Å². The van der Waals surface area contributed by atoms with Crippen LogP contribution in [0.25, 0.3) is 4.98 Å². The Balaban J connectivity index is 0.000000621. The number of hydrogen-bond acceptors (Lipinski definition) is 4. The number of nitro groups is 1. The van der Waals surface area contributed by atoms with E-state index in [9.17, 15) is 27.4 Å². The summed E-state index contributed by atoms with van der Waals surface area (Å²) in [6, 6.07) is 2.66. The second-order valence-corrected chi connectivity index (χ2v) is 3.39. The minimum absolute atomic E-state index is 0.171. The zero-order valence-electron chi connectivity index (χ0n) is 10.5. The lowest BCUT2D eigenvalue weighted by molar-refractivity contribution is -0.385. The van der Waals surface area contributed by atoms with Crippen LogP contribution in [0.15, 0.2) is 12.1 Å². The molecule has 0 bridgehead atoms. The summed E-state index contributed by atoms with van der Waals surface area (Å²) in [4.78, 5) is 13.1. The molecule has 1 aromatic rings. The molecule has 0 spiro atoms. The van der Waals surface area contributed by atoms with Crippen LogP contribution in [-0.2, 0) is 0 Å². The molecular weight excluding hydrogens is 285 g/mol. The third kappa shape index (κ3) is 6.53. The Morgan fingerprint density at radius 3 is 2.25 bits per heavy atom. The van der Waals surface area contributed by atoms with E-state index in [1.54, 1.807) is 13.8 Å². The normalized spacial score (nSPS) is 10.1. The first kappa shape index (κ1) is 17.6. The zero-order valence-corrected chi connectivity index (χ0v) is 10.5. The number of ether oxygens (including phenoxy) is 1. The smallest absolute Gasteiger partial charge is 0.487 e.